The first-order chi connectivity index (χ1) is 7.31. The van der Waals surface area contributed by atoms with Gasteiger partial charge in [0.15, 0.2) is 11.1 Å². The molecule has 0 rings (SSSR count). The number of nitrogens with zero attached hydrogens (tertiary/aromatic N) is 1. The highest BCUT2D eigenvalue weighted by Crippen LogP contribution is 2.03. The molecule has 0 spiro atoms. The molecule has 0 saturated carbocycles. The Balaban J connectivity index is 5.18. The lowest BCUT2D eigenvalue weighted by atomic mass is 11.0. The van der Waals surface area contributed by atoms with E-state index in [9.17, 15) is 8.42 Å². The van der Waals surface area contributed by atoms with Crippen molar-refractivity contribution in [3.8, 4) is 0 Å². The number of hydrogen-bond donors (Lipinski definition) is 4. The molecule has 6 N–H and O–H groups in total. The first kappa shape index (κ1) is 6.62. The van der Waals surface area contributed by atoms with Crippen molar-refractivity contribution in [3.63, 3.8) is 0 Å². The van der Waals surface area contributed by atoms with Crippen LogP contribution < -0.4 is 11.5 Å². The number of nitrogens with two attached hydrogens (primary N) is 2. The highest BCUT2D eigenvalue weighted by atomic mass is 32.2. The summed E-state index contributed by atoms with van der Waals surface area (Å²) in [7, 11) is -5.30. The van der Waals surface area contributed by atoms with Crippen molar-refractivity contribution in [2.45, 2.75) is 0 Å². The molecule has 0 amide bonds. The largest absolute Gasteiger partial charge is 0.370 e. The topological polar surface area (TPSA) is 143 Å². The van der Waals surface area contributed by atoms with Gasteiger partial charge in [-0.15, -0.1) is 0 Å². The van der Waals surface area contributed by atoms with Gasteiger partial charge in [0.2, 0.25) is 0 Å². The van der Waals surface area contributed by atoms with E-state index < -0.39 is 32.7 Å². The Bertz CT molecular complexity index is 444. The van der Waals surface area contributed by atoms with Crippen LogP contribution in [-0.4, -0.2) is 35.5 Å². The molecule has 0 aliphatic heterocycles. The van der Waals surface area contributed by atoms with Crippen LogP contribution in [0.5, 0.6) is 0 Å². The predicted molar refractivity (Wildman–Crippen MR) is 52.4 cm³/mol. The molecule has 0 atom stereocenters. The average molecular weight is 230 g/mol. The number of guanidine groups is 1. The highest BCUT2D eigenvalue weighted by molar-refractivity contribution is 8.14. The zero-order valence-electron chi connectivity index (χ0n) is 10.2. The van der Waals surface area contributed by atoms with Crippen LogP contribution in [-0.2, 0) is 10.1 Å². The van der Waals surface area contributed by atoms with E-state index >= 15 is 0 Å². The molecule has 7 nitrogen and oxygen atoms in total. The van der Waals surface area contributed by atoms with Crippen LogP contribution in [0.25, 0.3) is 0 Å². The van der Waals surface area contributed by atoms with Gasteiger partial charge >= 0.3 is 0 Å². The third-order valence-corrected chi connectivity index (χ3v) is 1.53. The summed E-state index contributed by atoms with van der Waals surface area (Å²) in [5.74, 6) is -0.564. The normalized spacial score (nSPS) is 17.6. The molecule has 0 aliphatic carbocycles. The number of hydrogen-bond acceptors (Lipinski definition) is 4. The molecule has 0 bridgehead atoms. The van der Waals surface area contributed by atoms with Gasteiger partial charge in [-0.25, -0.2) is 0 Å². The minimum Gasteiger partial charge on any atom is -0.370 e. The summed E-state index contributed by atoms with van der Waals surface area (Å²) in [6.07, 6.45) is 0. The van der Waals surface area contributed by atoms with Crippen molar-refractivity contribution in [3.05, 3.63) is 0 Å². The van der Waals surface area contributed by atoms with Crippen molar-refractivity contribution < 1.29 is 18.5 Å². The van der Waals surface area contributed by atoms with Gasteiger partial charge in [-0.05, 0) is 0 Å². The standard InChI is InChI=1S/C4H10N4O3S2/c5-3(6)8-4(7)12-1-2-13(9,10)11/h1-2H2,(H,9,10,11)(H5,5,6,7,8)/i1D2,2D2. The Morgan fingerprint density at radius 2 is 2.23 bits per heavy atom. The molecule has 0 aromatic carbocycles. The van der Waals surface area contributed by atoms with Gasteiger partial charge in [0, 0.05) is 11.2 Å². The van der Waals surface area contributed by atoms with E-state index in [1.165, 1.54) is 0 Å². The first-order valence-corrected chi connectivity index (χ1v) is 4.91. The lowest BCUT2D eigenvalue weighted by molar-refractivity contribution is 0.485. The molecule has 0 aromatic rings. The minimum absolute atomic E-state index is 0.181. The highest BCUT2D eigenvalue weighted by Gasteiger charge is 2.05. The molecule has 0 aromatic heterocycles. The maximum atomic E-state index is 10.7. The number of nitrogens with one attached hydrogen (secondary N) is 1. The molecule has 0 radical (unpaired) electrons. The molecular formula is C4H10N4O3S2. The van der Waals surface area contributed by atoms with E-state index in [-0.39, 0.29) is 11.8 Å². The third kappa shape index (κ3) is 9.11. The molecule has 9 heteroatoms. The zero-order valence-corrected chi connectivity index (χ0v) is 7.82. The molecule has 76 valence electrons. The second-order valence-corrected chi connectivity index (χ2v) is 3.57. The van der Waals surface area contributed by atoms with Gasteiger partial charge in [-0.3, -0.25) is 9.96 Å². The average Bonchev–Trinajstić information content (AvgIpc) is 1.97. The van der Waals surface area contributed by atoms with Crippen LogP contribution >= 0.6 is 11.8 Å². The monoisotopic (exact) mass is 230 g/mol. The van der Waals surface area contributed by atoms with E-state index in [4.69, 9.17) is 26.9 Å². The molecule has 0 unspecified atom stereocenters. The van der Waals surface area contributed by atoms with Crippen LogP contribution in [0.1, 0.15) is 5.48 Å². The summed E-state index contributed by atoms with van der Waals surface area (Å²) in [4.78, 5) is 3.09. The molecule has 0 fully saturated rings. The van der Waals surface area contributed by atoms with Crippen molar-refractivity contribution in [1.82, 2.24) is 0 Å². The lowest BCUT2D eigenvalue weighted by Crippen LogP contribution is -2.23. The maximum Gasteiger partial charge on any atom is 0.265 e. The predicted octanol–water partition coefficient (Wildman–Crippen LogP) is -1.18. The van der Waals surface area contributed by atoms with Gasteiger partial charge in [-0.2, -0.15) is 13.4 Å². The Morgan fingerprint density at radius 1 is 1.69 bits per heavy atom. The van der Waals surface area contributed by atoms with Crippen molar-refractivity contribution >= 4 is 33.0 Å². The van der Waals surface area contributed by atoms with Crippen LogP contribution in [0.2, 0.25) is 0 Å². The summed E-state index contributed by atoms with van der Waals surface area (Å²) in [6, 6.07) is 0. The van der Waals surface area contributed by atoms with E-state index in [1.54, 1.807) is 0 Å². The fourth-order valence-electron chi connectivity index (χ4n) is 0.262. The second kappa shape index (κ2) is 5.04. The number of rotatable bonds is 3. The molecular weight excluding hydrogens is 216 g/mol. The van der Waals surface area contributed by atoms with E-state index in [0.29, 0.717) is 0 Å². The quantitative estimate of drug-likeness (QED) is 0.273. The van der Waals surface area contributed by atoms with Crippen LogP contribution in [0.15, 0.2) is 4.99 Å². The maximum absolute atomic E-state index is 10.7. The van der Waals surface area contributed by atoms with Crippen LogP contribution in [0.3, 0.4) is 0 Å². The summed E-state index contributed by atoms with van der Waals surface area (Å²) < 4.78 is 58.2. The zero-order chi connectivity index (χ0) is 14.1. The van der Waals surface area contributed by atoms with Gasteiger partial charge < -0.3 is 11.5 Å². The summed E-state index contributed by atoms with van der Waals surface area (Å²) >= 11 is -0.181. The first-order valence-electron chi connectivity index (χ1n) is 4.65. The van der Waals surface area contributed by atoms with Gasteiger partial charge in [-0.1, -0.05) is 11.8 Å². The van der Waals surface area contributed by atoms with E-state index in [0.717, 1.165) is 0 Å². The Labute approximate surface area is 85.5 Å². The van der Waals surface area contributed by atoms with Gasteiger partial charge in [0.1, 0.15) is 0 Å². The Morgan fingerprint density at radius 3 is 2.62 bits per heavy atom. The third-order valence-electron chi connectivity index (χ3n) is 0.549. The Hall–Kier alpha value is -0.800. The van der Waals surface area contributed by atoms with Crippen molar-refractivity contribution in [2.24, 2.45) is 16.5 Å². The Kier molecular flexibility index (Phi) is 2.57. The molecule has 0 aliphatic rings. The van der Waals surface area contributed by atoms with Crippen molar-refractivity contribution in [2.75, 3.05) is 11.4 Å². The van der Waals surface area contributed by atoms with E-state index in [1.807, 2.05) is 0 Å². The van der Waals surface area contributed by atoms with Gasteiger partial charge in [0.05, 0.1) is 5.70 Å². The fourth-order valence-corrected chi connectivity index (χ4v) is 1.10. The second-order valence-electron chi connectivity index (χ2n) is 1.62. The lowest BCUT2D eigenvalue weighted by Gasteiger charge is -1.97. The number of aliphatic imine (C=N–C) groups is 1. The minimum atomic E-state index is -5.30. The summed E-state index contributed by atoms with van der Waals surface area (Å²) in [5.41, 5.74) is 3.04. The smallest absolute Gasteiger partial charge is 0.265 e. The number of amidine groups is 1. The molecule has 0 heterocycles. The SMILES string of the molecule is [2H]C([2H])(SC(=N)N=C(N)N)C([2H])([2H])S(=O)(=O)O. The van der Waals surface area contributed by atoms with Crippen LogP contribution in [0.4, 0.5) is 0 Å². The summed E-state index contributed by atoms with van der Waals surface area (Å²) in [5, 5.41) is 6.26. The summed E-state index contributed by atoms with van der Waals surface area (Å²) in [6.45, 7) is 0. The molecule has 13 heavy (non-hydrogen) atoms. The fraction of sp³-hybridized carbons (Fsp3) is 0.500. The van der Waals surface area contributed by atoms with Crippen molar-refractivity contribution in [1.29, 1.82) is 5.41 Å². The molecule has 0 saturated heterocycles. The van der Waals surface area contributed by atoms with E-state index in [2.05, 4.69) is 4.99 Å². The van der Waals surface area contributed by atoms with Crippen LogP contribution in [0, 0.1) is 5.41 Å². The van der Waals surface area contributed by atoms with Gasteiger partial charge in [0.25, 0.3) is 10.1 Å². The number of thioether (sulfide) groups is 1.